The molecule has 1 N–H and O–H groups in total. The molecule has 2 rings (SSSR count). The number of nitrogens with zero attached hydrogens (tertiary/aromatic N) is 1. The average molecular weight is 354 g/mol. The van der Waals surface area contributed by atoms with Gasteiger partial charge in [0.15, 0.2) is 0 Å². The Balaban J connectivity index is 0.00000180. The highest BCUT2D eigenvalue weighted by molar-refractivity contribution is 9.10. The topological polar surface area (TPSA) is 24.5 Å². The molecule has 1 unspecified atom stereocenters. The van der Waals surface area contributed by atoms with Crippen LogP contribution >= 0.6 is 28.3 Å². The van der Waals surface area contributed by atoms with Gasteiger partial charge in [-0.1, -0.05) is 15.9 Å². The van der Waals surface area contributed by atoms with Crippen LogP contribution in [-0.4, -0.2) is 44.2 Å². The summed E-state index contributed by atoms with van der Waals surface area (Å²) in [5.74, 6) is 0.294. The maximum Gasteiger partial charge on any atom is 0.128 e. The average Bonchev–Trinajstić information content (AvgIpc) is 2.76. The molecule has 0 aliphatic carbocycles. The van der Waals surface area contributed by atoms with Gasteiger partial charge in [0, 0.05) is 29.7 Å². The van der Waals surface area contributed by atoms with Crippen LogP contribution in [0.5, 0.6) is 5.75 Å². The largest absolute Gasteiger partial charge is 0.492 e. The van der Waals surface area contributed by atoms with Crippen LogP contribution in [0.25, 0.3) is 0 Å². The van der Waals surface area contributed by atoms with Gasteiger partial charge in [-0.2, -0.15) is 0 Å². The minimum absolute atomic E-state index is 0. The van der Waals surface area contributed by atoms with Gasteiger partial charge in [-0.05, 0) is 32.1 Å². The summed E-state index contributed by atoms with van der Waals surface area (Å²) in [5.41, 5.74) is 0. The Morgan fingerprint density at radius 1 is 1.47 bits per heavy atom. The molecule has 1 fully saturated rings. The molecule has 1 aromatic rings. The van der Waals surface area contributed by atoms with E-state index in [9.17, 15) is 4.39 Å². The van der Waals surface area contributed by atoms with Crippen molar-refractivity contribution in [1.29, 1.82) is 0 Å². The number of hydrogen-bond acceptors (Lipinski definition) is 3. The minimum Gasteiger partial charge on any atom is -0.492 e. The number of hydrogen-bond donors (Lipinski definition) is 1. The van der Waals surface area contributed by atoms with Crippen LogP contribution in [0.4, 0.5) is 4.39 Å². The van der Waals surface area contributed by atoms with Crippen molar-refractivity contribution in [3.05, 3.63) is 28.5 Å². The van der Waals surface area contributed by atoms with Crippen molar-refractivity contribution in [2.75, 3.05) is 33.3 Å². The van der Waals surface area contributed by atoms with Gasteiger partial charge >= 0.3 is 0 Å². The van der Waals surface area contributed by atoms with Crippen molar-refractivity contribution < 1.29 is 9.13 Å². The number of rotatable bonds is 5. The first-order valence-electron chi connectivity index (χ1n) is 6.16. The first-order chi connectivity index (χ1) is 8.67. The maximum absolute atomic E-state index is 13.1. The molecule has 1 saturated heterocycles. The fourth-order valence-corrected chi connectivity index (χ4v) is 2.62. The van der Waals surface area contributed by atoms with E-state index in [0.717, 1.165) is 19.6 Å². The Labute approximate surface area is 128 Å². The zero-order chi connectivity index (χ0) is 13.0. The number of likely N-dealkylation sites (tertiary alicyclic amines) is 1. The Hall–Kier alpha value is -0.360. The van der Waals surface area contributed by atoms with Crippen LogP contribution in [0.2, 0.25) is 0 Å². The molecule has 0 saturated carbocycles. The second kappa shape index (κ2) is 8.04. The molecular weight excluding hydrogens is 335 g/mol. The molecule has 1 aliphatic rings. The molecule has 1 heterocycles. The van der Waals surface area contributed by atoms with Crippen molar-refractivity contribution in [1.82, 2.24) is 10.2 Å². The predicted octanol–water partition coefficient (Wildman–Crippen LogP) is 2.68. The van der Waals surface area contributed by atoms with Gasteiger partial charge in [-0.25, -0.2) is 4.39 Å². The first kappa shape index (κ1) is 16.7. The molecule has 1 atom stereocenters. The van der Waals surface area contributed by atoms with Gasteiger partial charge in [0.2, 0.25) is 0 Å². The SMILES string of the molecule is CNC1CCN(CCOc2cc(F)cc(Br)c2)C1.Cl. The molecular formula is C13H19BrClFN2O. The van der Waals surface area contributed by atoms with Gasteiger partial charge in [0.05, 0.1) is 0 Å². The Bertz CT molecular complexity index is 388. The molecule has 0 aromatic heterocycles. The smallest absolute Gasteiger partial charge is 0.128 e. The summed E-state index contributed by atoms with van der Waals surface area (Å²) >= 11 is 3.25. The molecule has 0 radical (unpaired) electrons. The van der Waals surface area contributed by atoms with Crippen molar-refractivity contribution in [3.8, 4) is 5.75 Å². The first-order valence-corrected chi connectivity index (χ1v) is 6.95. The van der Waals surface area contributed by atoms with Crippen LogP contribution in [0, 0.1) is 5.82 Å². The highest BCUT2D eigenvalue weighted by Gasteiger charge is 2.20. The number of ether oxygens (including phenoxy) is 1. The van der Waals surface area contributed by atoms with Crippen molar-refractivity contribution >= 4 is 28.3 Å². The van der Waals surface area contributed by atoms with Crippen molar-refractivity contribution in [2.45, 2.75) is 12.5 Å². The number of halogens is 3. The molecule has 6 heteroatoms. The molecule has 0 bridgehead atoms. The highest BCUT2D eigenvalue weighted by Crippen LogP contribution is 2.20. The van der Waals surface area contributed by atoms with E-state index >= 15 is 0 Å². The fraction of sp³-hybridized carbons (Fsp3) is 0.538. The number of benzene rings is 1. The summed E-state index contributed by atoms with van der Waals surface area (Å²) in [6.45, 7) is 3.63. The van der Waals surface area contributed by atoms with Crippen LogP contribution in [0.15, 0.2) is 22.7 Å². The summed E-state index contributed by atoms with van der Waals surface area (Å²) in [6.07, 6.45) is 1.18. The molecule has 19 heavy (non-hydrogen) atoms. The van der Waals surface area contributed by atoms with Crippen molar-refractivity contribution in [2.24, 2.45) is 0 Å². The molecule has 0 spiro atoms. The van der Waals surface area contributed by atoms with Crippen molar-refractivity contribution in [3.63, 3.8) is 0 Å². The number of likely N-dealkylation sites (N-methyl/N-ethyl adjacent to an activating group) is 1. The monoisotopic (exact) mass is 352 g/mol. The van der Waals surface area contributed by atoms with E-state index in [4.69, 9.17) is 4.74 Å². The summed E-state index contributed by atoms with van der Waals surface area (Å²) in [4.78, 5) is 2.36. The Morgan fingerprint density at radius 3 is 2.89 bits per heavy atom. The van der Waals surface area contributed by atoms with E-state index < -0.39 is 0 Å². The summed E-state index contributed by atoms with van der Waals surface area (Å²) in [5, 5.41) is 3.28. The van der Waals surface area contributed by atoms with Gasteiger partial charge in [0.25, 0.3) is 0 Å². The van der Waals surface area contributed by atoms with Gasteiger partial charge in [-0.3, -0.25) is 4.90 Å². The van der Waals surface area contributed by atoms with E-state index in [1.165, 1.54) is 18.6 Å². The maximum atomic E-state index is 13.1. The third kappa shape index (κ3) is 5.26. The van der Waals surface area contributed by atoms with Crippen LogP contribution in [0.1, 0.15) is 6.42 Å². The summed E-state index contributed by atoms with van der Waals surface area (Å²) in [6, 6.07) is 5.20. The van der Waals surface area contributed by atoms with E-state index in [2.05, 4.69) is 26.1 Å². The Morgan fingerprint density at radius 2 is 2.26 bits per heavy atom. The lowest BCUT2D eigenvalue weighted by Gasteiger charge is -2.16. The van der Waals surface area contributed by atoms with Gasteiger partial charge in [0.1, 0.15) is 18.2 Å². The molecule has 1 aliphatic heterocycles. The van der Waals surface area contributed by atoms with Crippen LogP contribution in [-0.2, 0) is 0 Å². The predicted molar refractivity (Wildman–Crippen MR) is 80.7 cm³/mol. The lowest BCUT2D eigenvalue weighted by molar-refractivity contribution is 0.234. The van der Waals surface area contributed by atoms with Gasteiger partial charge in [-0.15, -0.1) is 12.4 Å². The zero-order valence-electron chi connectivity index (χ0n) is 10.9. The molecule has 108 valence electrons. The molecule has 3 nitrogen and oxygen atoms in total. The number of nitrogens with one attached hydrogen (secondary N) is 1. The summed E-state index contributed by atoms with van der Waals surface area (Å²) in [7, 11) is 1.99. The Kier molecular flexibility index (Phi) is 7.07. The third-order valence-electron chi connectivity index (χ3n) is 3.19. The normalized spacial score (nSPS) is 19.2. The lowest BCUT2D eigenvalue weighted by Crippen LogP contribution is -2.31. The molecule has 0 amide bonds. The fourth-order valence-electron chi connectivity index (χ4n) is 2.18. The highest BCUT2D eigenvalue weighted by atomic mass is 79.9. The van der Waals surface area contributed by atoms with E-state index in [0.29, 0.717) is 22.9 Å². The second-order valence-corrected chi connectivity index (χ2v) is 5.44. The minimum atomic E-state index is -0.282. The van der Waals surface area contributed by atoms with Crippen LogP contribution in [0.3, 0.4) is 0 Å². The lowest BCUT2D eigenvalue weighted by atomic mass is 10.3. The second-order valence-electron chi connectivity index (χ2n) is 4.53. The van der Waals surface area contributed by atoms with E-state index in [1.54, 1.807) is 6.07 Å². The van der Waals surface area contributed by atoms with Gasteiger partial charge < -0.3 is 10.1 Å². The van der Waals surface area contributed by atoms with Crippen LogP contribution < -0.4 is 10.1 Å². The third-order valence-corrected chi connectivity index (χ3v) is 3.65. The van der Waals surface area contributed by atoms with E-state index in [1.807, 2.05) is 7.05 Å². The van der Waals surface area contributed by atoms with E-state index in [-0.39, 0.29) is 18.2 Å². The summed E-state index contributed by atoms with van der Waals surface area (Å²) < 4.78 is 19.4. The standard InChI is InChI=1S/C13H18BrFN2O.ClH/c1-16-12-2-3-17(9-12)4-5-18-13-7-10(14)6-11(15)8-13;/h6-8,12,16H,2-5,9H2,1H3;1H. The quantitative estimate of drug-likeness (QED) is 0.881. The molecule has 1 aromatic carbocycles. The zero-order valence-corrected chi connectivity index (χ0v) is 13.3.